The first-order chi connectivity index (χ1) is 14.1. The van der Waals surface area contributed by atoms with Crippen molar-refractivity contribution in [2.45, 2.75) is 26.2 Å². The first-order valence-corrected chi connectivity index (χ1v) is 9.76. The van der Waals surface area contributed by atoms with Crippen LogP contribution in [0.3, 0.4) is 0 Å². The zero-order chi connectivity index (χ0) is 20.0. The molecule has 0 radical (unpaired) electrons. The lowest BCUT2D eigenvalue weighted by atomic mass is 9.90. The summed E-state index contributed by atoms with van der Waals surface area (Å²) in [6.07, 6.45) is 6.21. The highest BCUT2D eigenvalue weighted by molar-refractivity contribution is 5.96. The van der Waals surface area contributed by atoms with E-state index < -0.39 is 0 Å². The minimum atomic E-state index is -0.204. The Hall–Kier alpha value is -3.23. The summed E-state index contributed by atoms with van der Waals surface area (Å²) in [6.45, 7) is 3.71. The second-order valence-electron chi connectivity index (χ2n) is 7.99. The summed E-state index contributed by atoms with van der Waals surface area (Å²) < 4.78 is 10.2. The van der Waals surface area contributed by atoms with E-state index in [1.165, 1.54) is 0 Å². The lowest BCUT2D eigenvalue weighted by Gasteiger charge is -2.32. The smallest absolute Gasteiger partial charge is 0.287 e. The number of aryl methyl sites for hydroxylation is 1. The van der Waals surface area contributed by atoms with E-state index in [-0.39, 0.29) is 17.2 Å². The lowest BCUT2D eigenvalue weighted by molar-refractivity contribution is 0.0657. The molecule has 1 spiro atoms. The highest BCUT2D eigenvalue weighted by Crippen LogP contribution is 2.59. The van der Waals surface area contributed by atoms with Gasteiger partial charge in [0.1, 0.15) is 5.69 Å². The molecule has 9 nitrogen and oxygen atoms in total. The van der Waals surface area contributed by atoms with Gasteiger partial charge in [0.25, 0.3) is 11.8 Å². The van der Waals surface area contributed by atoms with Crippen LogP contribution >= 0.6 is 0 Å². The molecule has 1 aliphatic heterocycles. The molecule has 3 aromatic heterocycles. The third-order valence-corrected chi connectivity index (χ3v) is 6.32. The molecule has 1 aliphatic carbocycles. The van der Waals surface area contributed by atoms with E-state index in [9.17, 15) is 9.59 Å². The van der Waals surface area contributed by atoms with E-state index in [0.29, 0.717) is 48.3 Å². The number of nitrogens with zero attached hydrogens (tertiary/aromatic N) is 4. The first-order valence-electron chi connectivity index (χ1n) is 9.76. The summed E-state index contributed by atoms with van der Waals surface area (Å²) in [5, 5.41) is 11.3. The van der Waals surface area contributed by atoms with Crippen molar-refractivity contribution in [2.75, 3.05) is 19.6 Å². The van der Waals surface area contributed by atoms with Crippen molar-refractivity contribution >= 4 is 22.8 Å². The van der Waals surface area contributed by atoms with E-state index in [1.54, 1.807) is 25.4 Å². The van der Waals surface area contributed by atoms with Gasteiger partial charge < -0.3 is 14.6 Å². The molecule has 1 saturated heterocycles. The fourth-order valence-corrected chi connectivity index (χ4v) is 4.36. The topological polar surface area (TPSA) is 114 Å². The number of likely N-dealkylation sites (tertiary alicyclic amines) is 1. The normalized spacial score (nSPS) is 20.2. The van der Waals surface area contributed by atoms with Gasteiger partial charge in [0, 0.05) is 31.2 Å². The highest BCUT2D eigenvalue weighted by atomic mass is 16.6. The van der Waals surface area contributed by atoms with Gasteiger partial charge in [0.2, 0.25) is 0 Å². The van der Waals surface area contributed by atoms with Crippen LogP contribution in [0.15, 0.2) is 33.6 Å². The molecule has 3 aromatic rings. The molecule has 5 rings (SSSR count). The Labute approximate surface area is 166 Å². The van der Waals surface area contributed by atoms with Crippen LogP contribution in [0.4, 0.5) is 0 Å². The second-order valence-corrected chi connectivity index (χ2v) is 7.99. The molecular formula is C20H21N5O4. The third-order valence-electron chi connectivity index (χ3n) is 6.32. The van der Waals surface area contributed by atoms with Crippen LogP contribution in [0.2, 0.25) is 0 Å². The quantitative estimate of drug-likeness (QED) is 0.720. The van der Waals surface area contributed by atoms with Crippen molar-refractivity contribution in [1.29, 1.82) is 0 Å². The predicted molar refractivity (Wildman–Crippen MR) is 101 cm³/mol. The van der Waals surface area contributed by atoms with E-state index >= 15 is 0 Å². The van der Waals surface area contributed by atoms with Crippen molar-refractivity contribution in [3.8, 4) is 0 Å². The average Bonchev–Trinajstić information content (AvgIpc) is 3.08. The van der Waals surface area contributed by atoms with Gasteiger partial charge in [-0.3, -0.25) is 14.6 Å². The molecule has 1 atom stereocenters. The van der Waals surface area contributed by atoms with Crippen LogP contribution in [-0.4, -0.2) is 51.6 Å². The summed E-state index contributed by atoms with van der Waals surface area (Å²) in [6, 6.07) is 3.55. The van der Waals surface area contributed by atoms with Crippen LogP contribution in [0.1, 0.15) is 46.0 Å². The largest absolute Gasteiger partial charge is 0.449 e. The van der Waals surface area contributed by atoms with Crippen molar-refractivity contribution in [3.63, 3.8) is 0 Å². The van der Waals surface area contributed by atoms with Crippen LogP contribution in [0.5, 0.6) is 0 Å². The number of piperidine rings is 1. The minimum Gasteiger partial charge on any atom is -0.449 e. The summed E-state index contributed by atoms with van der Waals surface area (Å²) in [7, 11) is 0. The number of carbonyl (C=O) groups excluding carboxylic acids is 2. The lowest BCUT2D eigenvalue weighted by Crippen LogP contribution is -2.40. The van der Waals surface area contributed by atoms with Crippen LogP contribution in [0.25, 0.3) is 11.0 Å². The number of hydrogen-bond acceptors (Lipinski definition) is 7. The minimum absolute atomic E-state index is 0.122. The molecule has 150 valence electrons. The van der Waals surface area contributed by atoms with Crippen molar-refractivity contribution in [1.82, 2.24) is 25.5 Å². The Balaban J connectivity index is 1.14. The number of rotatable bonds is 4. The third kappa shape index (κ3) is 3.16. The average molecular weight is 395 g/mol. The van der Waals surface area contributed by atoms with Crippen molar-refractivity contribution in [3.05, 3.63) is 41.7 Å². The molecular weight excluding hydrogens is 374 g/mol. The van der Waals surface area contributed by atoms with E-state index in [0.717, 1.165) is 24.6 Å². The molecule has 1 unspecified atom stereocenters. The SMILES string of the molecule is Cc1nonc1C(=O)N1CCC2(CC1)CC2CNC(=O)c1cc2ccncc2o1. The number of hydrogen-bond donors (Lipinski definition) is 1. The highest BCUT2D eigenvalue weighted by Gasteiger charge is 2.55. The number of aromatic nitrogens is 3. The first kappa shape index (κ1) is 17.8. The Morgan fingerprint density at radius 3 is 2.86 bits per heavy atom. The second kappa shape index (κ2) is 6.68. The summed E-state index contributed by atoms with van der Waals surface area (Å²) in [4.78, 5) is 30.8. The molecule has 1 N–H and O–H groups in total. The summed E-state index contributed by atoms with van der Waals surface area (Å²) in [5.41, 5.74) is 1.64. The number of pyridine rings is 1. The Morgan fingerprint density at radius 2 is 2.14 bits per heavy atom. The molecule has 2 amide bonds. The molecule has 1 saturated carbocycles. The van der Waals surface area contributed by atoms with E-state index in [1.807, 2.05) is 11.0 Å². The predicted octanol–water partition coefficient (Wildman–Crippen LogP) is 2.19. The van der Waals surface area contributed by atoms with Gasteiger partial charge in [0.15, 0.2) is 17.0 Å². The zero-order valence-corrected chi connectivity index (χ0v) is 16.1. The Morgan fingerprint density at radius 1 is 1.31 bits per heavy atom. The molecule has 2 aliphatic rings. The fraction of sp³-hybridized carbons (Fsp3) is 0.450. The Kier molecular flexibility index (Phi) is 4.11. The summed E-state index contributed by atoms with van der Waals surface area (Å²) in [5.74, 6) is 0.415. The number of nitrogens with one attached hydrogen (secondary N) is 1. The van der Waals surface area contributed by atoms with Crippen molar-refractivity contribution in [2.24, 2.45) is 11.3 Å². The maximum atomic E-state index is 12.5. The number of fused-ring (bicyclic) bond motifs is 1. The van der Waals surface area contributed by atoms with Gasteiger partial charge in [-0.05, 0) is 54.8 Å². The van der Waals surface area contributed by atoms with Crippen LogP contribution < -0.4 is 5.32 Å². The molecule has 2 fully saturated rings. The zero-order valence-electron chi connectivity index (χ0n) is 16.1. The molecule has 0 aromatic carbocycles. The molecule has 4 heterocycles. The fourth-order valence-electron chi connectivity index (χ4n) is 4.36. The van der Waals surface area contributed by atoms with Gasteiger partial charge >= 0.3 is 0 Å². The molecule has 29 heavy (non-hydrogen) atoms. The maximum absolute atomic E-state index is 12.5. The number of amides is 2. The Bertz CT molecular complexity index is 1050. The molecule has 0 bridgehead atoms. The monoisotopic (exact) mass is 395 g/mol. The maximum Gasteiger partial charge on any atom is 0.287 e. The van der Waals surface area contributed by atoms with E-state index in [2.05, 4.69) is 25.2 Å². The number of carbonyl (C=O) groups is 2. The van der Waals surface area contributed by atoms with Gasteiger partial charge in [-0.2, -0.15) is 0 Å². The van der Waals surface area contributed by atoms with Gasteiger partial charge in [-0.25, -0.2) is 4.63 Å². The van der Waals surface area contributed by atoms with Gasteiger partial charge in [0.05, 0.1) is 6.20 Å². The van der Waals surface area contributed by atoms with Crippen LogP contribution in [-0.2, 0) is 0 Å². The van der Waals surface area contributed by atoms with Gasteiger partial charge in [-0.15, -0.1) is 0 Å². The van der Waals surface area contributed by atoms with Crippen LogP contribution in [0, 0.1) is 18.3 Å². The standard InChI is InChI=1S/C20H21N5O4/c1-12-17(24-29-23-12)19(27)25-6-3-20(4-7-25)9-14(20)10-22-18(26)15-8-13-2-5-21-11-16(13)28-15/h2,5,8,11,14H,3-4,6-7,9-10H2,1H3,(H,22,26). The number of furan rings is 1. The van der Waals surface area contributed by atoms with Gasteiger partial charge in [-0.1, -0.05) is 5.16 Å². The summed E-state index contributed by atoms with van der Waals surface area (Å²) >= 11 is 0. The van der Waals surface area contributed by atoms with E-state index in [4.69, 9.17) is 4.42 Å². The van der Waals surface area contributed by atoms with Crippen molar-refractivity contribution < 1.29 is 18.6 Å². The molecule has 9 heteroatoms.